The van der Waals surface area contributed by atoms with Gasteiger partial charge in [0.25, 0.3) is 0 Å². The molecule has 50 valence electrons. The summed E-state index contributed by atoms with van der Waals surface area (Å²) in [7, 11) is 0. The SMILES string of the molecule is C[Si](Cl)(Cl)C(Cl)(Cl)Cl. The molecule has 0 spiro atoms. The van der Waals surface area contributed by atoms with E-state index in [2.05, 4.69) is 0 Å². The van der Waals surface area contributed by atoms with Gasteiger partial charge in [-0.05, 0) is 6.55 Å². The monoisotopic (exact) mass is 230 g/mol. The zero-order valence-electron chi connectivity index (χ0n) is 3.89. The quantitative estimate of drug-likeness (QED) is 0.341. The molecule has 0 aliphatic rings. The normalized spacial score (nSPS) is 14.2. The van der Waals surface area contributed by atoms with Crippen LogP contribution in [-0.4, -0.2) is 10.1 Å². The maximum Gasteiger partial charge on any atom is 0.301 e. The Morgan fingerprint density at radius 2 is 1.25 bits per heavy atom. The third kappa shape index (κ3) is 2.99. The van der Waals surface area contributed by atoms with Gasteiger partial charge < -0.3 is 0 Å². The number of alkyl halides is 3. The molecule has 0 aliphatic heterocycles. The van der Waals surface area contributed by atoms with Crippen LogP contribution in [0.4, 0.5) is 0 Å². The van der Waals surface area contributed by atoms with Crippen LogP contribution in [0.1, 0.15) is 0 Å². The first-order chi connectivity index (χ1) is 3.25. The van der Waals surface area contributed by atoms with E-state index in [9.17, 15) is 0 Å². The van der Waals surface area contributed by atoms with Crippen molar-refractivity contribution in [2.75, 3.05) is 0 Å². The van der Waals surface area contributed by atoms with E-state index in [4.69, 9.17) is 57.0 Å². The van der Waals surface area contributed by atoms with E-state index in [0.29, 0.717) is 0 Å². The molecule has 0 bridgehead atoms. The summed E-state index contributed by atoms with van der Waals surface area (Å²) in [4.78, 5) is 0. The van der Waals surface area contributed by atoms with Crippen molar-refractivity contribution in [1.82, 2.24) is 0 Å². The van der Waals surface area contributed by atoms with Crippen LogP contribution in [-0.2, 0) is 0 Å². The Bertz CT molecular complexity index is 65.4. The molecule has 0 aromatic heterocycles. The molecule has 0 rings (SSSR count). The lowest BCUT2D eigenvalue weighted by Gasteiger charge is -2.18. The van der Waals surface area contributed by atoms with Crippen LogP contribution in [0.2, 0.25) is 6.55 Å². The zero-order chi connectivity index (χ0) is 7.00. The van der Waals surface area contributed by atoms with Gasteiger partial charge in [-0.1, -0.05) is 34.8 Å². The fraction of sp³-hybridized carbons (Fsp3) is 1.00. The largest absolute Gasteiger partial charge is 0.301 e. The van der Waals surface area contributed by atoms with Crippen LogP contribution < -0.4 is 0 Å². The first kappa shape index (κ1) is 9.67. The number of hydrogen-bond donors (Lipinski definition) is 0. The van der Waals surface area contributed by atoms with E-state index in [-0.39, 0.29) is 0 Å². The molecule has 0 saturated carbocycles. The van der Waals surface area contributed by atoms with Crippen LogP contribution >= 0.6 is 57.0 Å². The summed E-state index contributed by atoms with van der Waals surface area (Å²) in [6.45, 7) is -1.07. The average Bonchev–Trinajstić information content (AvgIpc) is 1.25. The fourth-order valence-corrected chi connectivity index (χ4v) is 0. The summed E-state index contributed by atoms with van der Waals surface area (Å²) in [5.74, 6) is 0. The van der Waals surface area contributed by atoms with Gasteiger partial charge in [-0.2, -0.15) is 0 Å². The van der Waals surface area contributed by atoms with Gasteiger partial charge in [-0.15, -0.1) is 22.2 Å². The second kappa shape index (κ2) is 2.73. The van der Waals surface area contributed by atoms with Crippen molar-refractivity contribution in [3.05, 3.63) is 0 Å². The van der Waals surface area contributed by atoms with Crippen molar-refractivity contribution in [3.8, 4) is 0 Å². The zero-order valence-corrected chi connectivity index (χ0v) is 8.67. The molecule has 0 aromatic carbocycles. The second-order valence-corrected chi connectivity index (χ2v) is 12.3. The molecule has 0 unspecified atom stereocenters. The molecule has 0 nitrogen and oxygen atoms in total. The molecule has 0 aromatic rings. The minimum absolute atomic E-state index is 1.48. The van der Waals surface area contributed by atoms with Crippen LogP contribution in [0.15, 0.2) is 0 Å². The van der Waals surface area contributed by atoms with E-state index < -0.39 is 10.1 Å². The lowest BCUT2D eigenvalue weighted by molar-refractivity contribution is 1.65. The van der Waals surface area contributed by atoms with Gasteiger partial charge in [0, 0.05) is 0 Å². The number of halogens is 5. The lowest BCUT2D eigenvalue weighted by atomic mass is 11.8. The summed E-state index contributed by atoms with van der Waals surface area (Å²) in [5, 5.41) is 0. The topological polar surface area (TPSA) is 0 Å². The Labute approximate surface area is 73.4 Å². The molecular weight excluding hydrogens is 229 g/mol. The maximum absolute atomic E-state index is 5.52. The van der Waals surface area contributed by atoms with Crippen LogP contribution in [0.3, 0.4) is 0 Å². The maximum atomic E-state index is 5.52. The molecule has 0 saturated heterocycles. The molecule has 8 heavy (non-hydrogen) atoms. The standard InChI is InChI=1S/C2H3Cl5Si/c1-8(6,7)2(3,4)5/h1H3. The van der Waals surface area contributed by atoms with Crippen molar-refractivity contribution < 1.29 is 0 Å². The lowest BCUT2D eigenvalue weighted by Crippen LogP contribution is -2.32. The molecule has 0 heterocycles. The minimum atomic E-state index is -2.62. The predicted octanol–water partition coefficient (Wildman–Crippen LogP) is 3.45. The molecule has 0 aliphatic carbocycles. The first-order valence-corrected chi connectivity index (χ1v) is 7.35. The second-order valence-electron chi connectivity index (χ2n) is 1.39. The predicted molar refractivity (Wildman–Crippen MR) is 43.6 cm³/mol. The Morgan fingerprint density at radius 3 is 1.25 bits per heavy atom. The molecule has 0 fully saturated rings. The Balaban J connectivity index is 4.02. The molecule has 0 radical (unpaired) electrons. The van der Waals surface area contributed by atoms with E-state index in [1.165, 1.54) is 0 Å². The van der Waals surface area contributed by atoms with Crippen molar-refractivity contribution in [2.24, 2.45) is 0 Å². The van der Waals surface area contributed by atoms with Gasteiger partial charge in [-0.3, -0.25) is 0 Å². The van der Waals surface area contributed by atoms with E-state index in [1.54, 1.807) is 6.55 Å². The van der Waals surface area contributed by atoms with Crippen LogP contribution in [0, 0.1) is 0 Å². The molecule has 0 N–H and O–H groups in total. The minimum Gasteiger partial charge on any atom is -0.141 e. The highest BCUT2D eigenvalue weighted by atomic mass is 35.7. The summed E-state index contributed by atoms with van der Waals surface area (Å²) in [6, 6.07) is 0. The van der Waals surface area contributed by atoms with Gasteiger partial charge in [-0.25, -0.2) is 0 Å². The van der Waals surface area contributed by atoms with Crippen molar-refractivity contribution in [1.29, 1.82) is 0 Å². The smallest absolute Gasteiger partial charge is 0.141 e. The summed E-state index contributed by atoms with van der Waals surface area (Å²) in [6.07, 6.45) is 0. The highest BCUT2D eigenvalue weighted by molar-refractivity contribution is 7.51. The molecule has 0 atom stereocenters. The van der Waals surface area contributed by atoms with E-state index >= 15 is 0 Å². The Morgan fingerprint density at radius 1 is 1.12 bits per heavy atom. The average molecular weight is 232 g/mol. The molecular formula is C2H3Cl5Si. The third-order valence-electron chi connectivity index (χ3n) is 0.498. The van der Waals surface area contributed by atoms with E-state index in [0.717, 1.165) is 0 Å². The van der Waals surface area contributed by atoms with Crippen LogP contribution in [0.25, 0.3) is 0 Å². The van der Waals surface area contributed by atoms with Crippen LogP contribution in [0.5, 0.6) is 0 Å². The summed E-state index contributed by atoms with van der Waals surface area (Å²) >= 11 is 27.0. The highest BCUT2D eigenvalue weighted by Gasteiger charge is 2.44. The van der Waals surface area contributed by atoms with Crippen molar-refractivity contribution in [2.45, 2.75) is 9.96 Å². The van der Waals surface area contributed by atoms with E-state index in [1.807, 2.05) is 0 Å². The van der Waals surface area contributed by atoms with Crippen molar-refractivity contribution in [3.63, 3.8) is 0 Å². The molecule has 0 amide bonds. The van der Waals surface area contributed by atoms with Gasteiger partial charge in [0.1, 0.15) is 0 Å². The van der Waals surface area contributed by atoms with Gasteiger partial charge >= 0.3 is 6.69 Å². The number of rotatable bonds is 0. The Hall–Kier alpha value is 1.67. The van der Waals surface area contributed by atoms with Crippen molar-refractivity contribution >= 4 is 63.7 Å². The highest BCUT2D eigenvalue weighted by Crippen LogP contribution is 2.41. The fourth-order valence-electron chi connectivity index (χ4n) is 0. The third-order valence-corrected chi connectivity index (χ3v) is 8.34. The summed E-state index contributed by atoms with van der Waals surface area (Å²) < 4.78 is -1.48. The number of hydrogen-bond acceptors (Lipinski definition) is 0. The van der Waals surface area contributed by atoms with Gasteiger partial charge in [0.2, 0.25) is 3.42 Å². The Kier molecular flexibility index (Phi) is 3.30. The van der Waals surface area contributed by atoms with Gasteiger partial charge in [0.15, 0.2) is 0 Å². The molecule has 6 heteroatoms. The first-order valence-electron chi connectivity index (χ1n) is 1.69. The summed E-state index contributed by atoms with van der Waals surface area (Å²) in [5.41, 5.74) is 0. The van der Waals surface area contributed by atoms with Gasteiger partial charge in [0.05, 0.1) is 0 Å².